The molecule has 1 amide bonds. The zero-order valence-electron chi connectivity index (χ0n) is 15.5. The van der Waals surface area contributed by atoms with Gasteiger partial charge in [-0.15, -0.1) is 12.4 Å². The Morgan fingerprint density at radius 2 is 1.70 bits per heavy atom. The van der Waals surface area contributed by atoms with Gasteiger partial charge in [-0.1, -0.05) is 36.4 Å². The number of benzene rings is 2. The van der Waals surface area contributed by atoms with Gasteiger partial charge in [0, 0.05) is 18.7 Å². The molecule has 4 N–H and O–H groups in total. The van der Waals surface area contributed by atoms with E-state index in [9.17, 15) is 4.79 Å². The summed E-state index contributed by atoms with van der Waals surface area (Å²) in [4.78, 5) is 12.6. The molecule has 7 heteroatoms. The Morgan fingerprint density at radius 3 is 2.22 bits per heavy atom. The highest BCUT2D eigenvalue weighted by molar-refractivity contribution is 5.94. The Bertz CT molecular complexity index is 733. The van der Waals surface area contributed by atoms with Crippen LogP contribution in [0.5, 0.6) is 5.75 Å². The maximum atomic E-state index is 12.6. The molecular formula is C20H26ClN3O3. The van der Waals surface area contributed by atoms with Crippen molar-refractivity contribution >= 4 is 24.1 Å². The lowest BCUT2D eigenvalue weighted by atomic mass is 10.1. The van der Waals surface area contributed by atoms with Crippen molar-refractivity contribution in [3.63, 3.8) is 0 Å². The fourth-order valence-corrected chi connectivity index (χ4v) is 2.48. The first-order valence-corrected chi connectivity index (χ1v) is 8.60. The quantitative estimate of drug-likeness (QED) is 0.451. The molecule has 27 heavy (non-hydrogen) atoms. The molecule has 0 spiro atoms. The molecule has 0 heterocycles. The van der Waals surface area contributed by atoms with Gasteiger partial charge in [0.2, 0.25) is 0 Å². The van der Waals surface area contributed by atoms with Crippen LogP contribution in [-0.2, 0) is 16.1 Å². The van der Waals surface area contributed by atoms with Crippen LogP contribution in [0, 0.1) is 5.41 Å². The second-order valence-corrected chi connectivity index (χ2v) is 5.67. The summed E-state index contributed by atoms with van der Waals surface area (Å²) in [5, 5.41) is 10.3. The van der Waals surface area contributed by atoms with Crippen LogP contribution in [0.1, 0.15) is 36.6 Å². The lowest BCUT2D eigenvalue weighted by Crippen LogP contribution is -2.30. The van der Waals surface area contributed by atoms with E-state index >= 15 is 0 Å². The second-order valence-electron chi connectivity index (χ2n) is 5.67. The van der Waals surface area contributed by atoms with Crippen LogP contribution in [0.15, 0.2) is 48.5 Å². The summed E-state index contributed by atoms with van der Waals surface area (Å²) >= 11 is 0. The van der Waals surface area contributed by atoms with E-state index in [-0.39, 0.29) is 24.1 Å². The number of hydrogen-bond acceptors (Lipinski definition) is 4. The van der Waals surface area contributed by atoms with Crippen molar-refractivity contribution in [3.8, 4) is 5.75 Å². The summed E-state index contributed by atoms with van der Waals surface area (Å²) in [6, 6.07) is 14.5. The van der Waals surface area contributed by atoms with Crippen LogP contribution in [0.2, 0.25) is 0 Å². The van der Waals surface area contributed by atoms with Crippen molar-refractivity contribution in [2.75, 3.05) is 13.2 Å². The smallest absolute Gasteiger partial charge is 0.254 e. The normalized spacial score (nSPS) is 11.2. The molecule has 146 valence electrons. The van der Waals surface area contributed by atoms with Crippen LogP contribution in [-0.4, -0.2) is 25.0 Å². The summed E-state index contributed by atoms with van der Waals surface area (Å²) in [6.07, 6.45) is -0.674. The molecule has 0 aromatic heterocycles. The van der Waals surface area contributed by atoms with Crippen molar-refractivity contribution in [3.05, 3.63) is 65.2 Å². The van der Waals surface area contributed by atoms with Crippen molar-refractivity contribution in [2.45, 2.75) is 26.5 Å². The maximum absolute atomic E-state index is 12.6. The molecule has 0 bridgehead atoms. The number of halogens is 1. The van der Waals surface area contributed by atoms with Crippen molar-refractivity contribution in [2.24, 2.45) is 5.73 Å². The van der Waals surface area contributed by atoms with Gasteiger partial charge in [-0.2, -0.15) is 0 Å². The minimum atomic E-state index is -0.674. The molecule has 0 aliphatic carbocycles. The van der Waals surface area contributed by atoms with Crippen LogP contribution in [0.3, 0.4) is 0 Å². The Labute approximate surface area is 166 Å². The molecule has 0 fully saturated rings. The molecule has 2 aromatic rings. The minimum Gasteiger partial charge on any atom is -0.494 e. The average molecular weight is 392 g/mol. The Morgan fingerprint density at radius 1 is 1.07 bits per heavy atom. The van der Waals surface area contributed by atoms with Crippen LogP contribution >= 0.6 is 12.4 Å². The highest BCUT2D eigenvalue weighted by Gasteiger charge is 2.20. The maximum Gasteiger partial charge on any atom is 0.254 e. The highest BCUT2D eigenvalue weighted by Crippen LogP contribution is 2.21. The Kier molecular flexibility index (Phi) is 9.33. The van der Waals surface area contributed by atoms with E-state index < -0.39 is 6.10 Å². The molecule has 1 unspecified atom stereocenters. The van der Waals surface area contributed by atoms with E-state index in [4.69, 9.17) is 20.6 Å². The van der Waals surface area contributed by atoms with Gasteiger partial charge >= 0.3 is 0 Å². The molecule has 0 saturated heterocycles. The fraction of sp³-hybridized carbons (Fsp3) is 0.300. The van der Waals surface area contributed by atoms with Crippen molar-refractivity contribution < 1.29 is 14.3 Å². The van der Waals surface area contributed by atoms with E-state index in [2.05, 4.69) is 5.32 Å². The van der Waals surface area contributed by atoms with Crippen LogP contribution in [0.4, 0.5) is 0 Å². The van der Waals surface area contributed by atoms with Gasteiger partial charge < -0.3 is 20.5 Å². The first kappa shape index (κ1) is 22.5. The zero-order chi connectivity index (χ0) is 18.9. The van der Waals surface area contributed by atoms with Gasteiger partial charge in [-0.25, -0.2) is 0 Å². The van der Waals surface area contributed by atoms with E-state index in [0.29, 0.717) is 25.3 Å². The first-order chi connectivity index (χ1) is 12.5. The molecule has 0 aliphatic rings. The number of rotatable bonds is 9. The monoisotopic (exact) mass is 391 g/mol. The summed E-state index contributed by atoms with van der Waals surface area (Å²) in [5.41, 5.74) is 7.79. The van der Waals surface area contributed by atoms with E-state index in [1.807, 2.05) is 50.2 Å². The molecule has 0 aliphatic heterocycles. The molecule has 0 saturated carbocycles. The fourth-order valence-electron chi connectivity index (χ4n) is 2.48. The summed E-state index contributed by atoms with van der Waals surface area (Å²) in [6.45, 7) is 5.18. The third-order valence-corrected chi connectivity index (χ3v) is 3.80. The molecule has 1 atom stereocenters. The number of carbonyl (C=O) groups is 1. The van der Waals surface area contributed by atoms with E-state index in [0.717, 1.165) is 16.9 Å². The zero-order valence-corrected chi connectivity index (χ0v) is 16.3. The number of nitrogen functional groups attached to an aromatic ring is 1. The lowest BCUT2D eigenvalue weighted by molar-refractivity contribution is -0.133. The molecule has 6 nitrogen and oxygen atoms in total. The van der Waals surface area contributed by atoms with Crippen molar-refractivity contribution in [1.29, 1.82) is 5.41 Å². The molecule has 0 radical (unpaired) electrons. The number of hydrogen-bond donors (Lipinski definition) is 3. The van der Waals surface area contributed by atoms with Gasteiger partial charge in [-0.3, -0.25) is 10.2 Å². The number of amides is 1. The highest BCUT2D eigenvalue weighted by atomic mass is 35.5. The number of carbonyl (C=O) groups excluding carboxylic acids is 1. The number of nitrogens with one attached hydrogen (secondary N) is 2. The predicted octanol–water partition coefficient (Wildman–Crippen LogP) is 3.19. The van der Waals surface area contributed by atoms with Crippen LogP contribution in [0.25, 0.3) is 0 Å². The third-order valence-electron chi connectivity index (χ3n) is 3.80. The average Bonchev–Trinajstić information content (AvgIpc) is 2.65. The predicted molar refractivity (Wildman–Crippen MR) is 109 cm³/mol. The number of nitrogens with two attached hydrogens (primary N) is 1. The minimum absolute atomic E-state index is 0. The lowest BCUT2D eigenvalue weighted by Gasteiger charge is -2.18. The topological polar surface area (TPSA) is 97.4 Å². The van der Waals surface area contributed by atoms with Gasteiger partial charge in [0.05, 0.1) is 6.61 Å². The summed E-state index contributed by atoms with van der Waals surface area (Å²) < 4.78 is 11.1. The van der Waals surface area contributed by atoms with Gasteiger partial charge in [0.1, 0.15) is 11.6 Å². The second kappa shape index (κ2) is 11.2. The molecular weight excluding hydrogens is 366 g/mol. The van der Waals surface area contributed by atoms with Gasteiger partial charge in [-0.05, 0) is 37.1 Å². The molecule has 2 rings (SSSR count). The standard InChI is InChI=1S/C20H25N3O3.ClH/c1-3-25-17-11-9-15(10-12-17)18(26-4-2)20(24)23-13-14-5-7-16(8-6-14)19(21)22;/h5-12,18H,3-4,13H2,1-2H3,(H3,21,22)(H,23,24);1H. The van der Waals surface area contributed by atoms with Gasteiger partial charge in [0.25, 0.3) is 5.91 Å². The first-order valence-electron chi connectivity index (χ1n) is 8.60. The van der Waals surface area contributed by atoms with Crippen LogP contribution < -0.4 is 15.8 Å². The third kappa shape index (κ3) is 6.58. The largest absolute Gasteiger partial charge is 0.494 e. The SMILES string of the molecule is CCOc1ccc(C(OCC)C(=O)NCc2ccc(C(=N)N)cc2)cc1.Cl. The Hall–Kier alpha value is -2.57. The summed E-state index contributed by atoms with van der Waals surface area (Å²) in [5.74, 6) is 0.580. The number of ether oxygens (including phenoxy) is 2. The number of amidine groups is 1. The van der Waals surface area contributed by atoms with Crippen molar-refractivity contribution in [1.82, 2.24) is 5.32 Å². The summed E-state index contributed by atoms with van der Waals surface area (Å²) in [7, 11) is 0. The van der Waals surface area contributed by atoms with E-state index in [1.165, 1.54) is 0 Å². The Balaban J connectivity index is 0.00000364. The van der Waals surface area contributed by atoms with E-state index in [1.54, 1.807) is 12.1 Å². The molecule has 2 aromatic carbocycles. The van der Waals surface area contributed by atoms with Gasteiger partial charge in [0.15, 0.2) is 6.10 Å².